The molecule has 0 aliphatic carbocycles. The van der Waals surface area contributed by atoms with Crippen LogP contribution in [0.15, 0.2) is 46.0 Å². The van der Waals surface area contributed by atoms with E-state index >= 15 is 0 Å². The molecule has 0 radical (unpaired) electrons. The van der Waals surface area contributed by atoms with E-state index in [1.165, 1.54) is 11.3 Å². The van der Waals surface area contributed by atoms with Crippen molar-refractivity contribution in [2.45, 2.75) is 29.5 Å². The van der Waals surface area contributed by atoms with E-state index in [-0.39, 0.29) is 22.5 Å². The van der Waals surface area contributed by atoms with E-state index in [0.717, 1.165) is 31.5 Å². The van der Waals surface area contributed by atoms with Crippen molar-refractivity contribution in [1.82, 2.24) is 10.2 Å². The van der Waals surface area contributed by atoms with Gasteiger partial charge in [-0.05, 0) is 55.1 Å². The van der Waals surface area contributed by atoms with Gasteiger partial charge in [-0.1, -0.05) is 18.2 Å². The van der Waals surface area contributed by atoms with E-state index in [1.54, 1.807) is 41.8 Å². The third kappa shape index (κ3) is 5.68. The second-order valence-corrected chi connectivity index (χ2v) is 9.25. The highest BCUT2D eigenvalue weighted by Crippen LogP contribution is 2.21. The van der Waals surface area contributed by atoms with Crippen molar-refractivity contribution in [2.24, 2.45) is 0 Å². The van der Waals surface area contributed by atoms with Gasteiger partial charge in [0, 0.05) is 18.8 Å². The van der Waals surface area contributed by atoms with Gasteiger partial charge in [0.1, 0.15) is 4.21 Å². The average molecular weight is 430 g/mol. The van der Waals surface area contributed by atoms with Gasteiger partial charge in [-0.15, -0.1) is 23.7 Å². The molecule has 1 amide bonds. The summed E-state index contributed by atoms with van der Waals surface area (Å²) >= 11 is 1.17. The second-order valence-electron chi connectivity index (χ2n) is 6.40. The third-order valence-corrected chi connectivity index (χ3v) is 7.35. The molecular weight excluding hydrogens is 406 g/mol. The molecule has 148 valence electrons. The molecule has 1 aromatic heterocycles. The Kier molecular flexibility index (Phi) is 7.67. The minimum Gasteiger partial charge on any atom is -0.342 e. The van der Waals surface area contributed by atoms with E-state index in [4.69, 9.17) is 0 Å². The molecule has 0 atom stereocenters. The molecular formula is C18H24ClN3O3S2. The van der Waals surface area contributed by atoms with Crippen molar-refractivity contribution in [2.75, 3.05) is 24.9 Å². The number of carbonyl (C=O) groups excluding carboxylic acids is 1. The van der Waals surface area contributed by atoms with Crippen LogP contribution in [0.2, 0.25) is 0 Å². The number of benzene rings is 1. The summed E-state index contributed by atoms with van der Waals surface area (Å²) < 4.78 is 27.3. The van der Waals surface area contributed by atoms with Gasteiger partial charge >= 0.3 is 0 Å². The van der Waals surface area contributed by atoms with Crippen LogP contribution in [0.1, 0.15) is 18.4 Å². The zero-order chi connectivity index (χ0) is 18.6. The van der Waals surface area contributed by atoms with Gasteiger partial charge in [-0.2, -0.15) is 0 Å². The molecule has 0 spiro atoms. The fourth-order valence-electron chi connectivity index (χ4n) is 3.01. The topological polar surface area (TPSA) is 78.5 Å². The summed E-state index contributed by atoms with van der Waals surface area (Å²) in [7, 11) is -1.68. The van der Waals surface area contributed by atoms with Crippen LogP contribution >= 0.6 is 23.7 Å². The molecule has 6 nitrogen and oxygen atoms in total. The van der Waals surface area contributed by atoms with Gasteiger partial charge in [-0.3, -0.25) is 9.52 Å². The zero-order valence-corrected chi connectivity index (χ0v) is 17.5. The summed E-state index contributed by atoms with van der Waals surface area (Å²) in [6.07, 6.45) is 2.27. The number of thiophene rings is 1. The van der Waals surface area contributed by atoms with Gasteiger partial charge in [0.2, 0.25) is 5.91 Å². The highest BCUT2D eigenvalue weighted by molar-refractivity contribution is 7.94. The molecule has 2 N–H and O–H groups in total. The number of anilines is 1. The molecule has 3 rings (SSSR count). The number of hydrogen-bond acceptors (Lipinski definition) is 5. The Labute approximate surface area is 170 Å². The van der Waals surface area contributed by atoms with E-state index in [2.05, 4.69) is 10.0 Å². The van der Waals surface area contributed by atoms with Crippen molar-refractivity contribution in [3.63, 3.8) is 0 Å². The van der Waals surface area contributed by atoms with Gasteiger partial charge < -0.3 is 10.2 Å². The molecule has 1 aliphatic heterocycles. The van der Waals surface area contributed by atoms with Crippen LogP contribution in [-0.4, -0.2) is 45.4 Å². The standard InChI is InChI=1S/C18H23N3O3S2.ClH/c1-21(16-8-10-19-11-9-16)17(22)13-14-4-6-15(7-5-14)20-26(23,24)18-3-2-12-25-18;/h2-7,12,16,19-20H,8-11,13H2,1H3;1H. The molecule has 27 heavy (non-hydrogen) atoms. The first-order chi connectivity index (χ1) is 12.5. The molecule has 0 unspecified atom stereocenters. The second kappa shape index (κ2) is 9.54. The Morgan fingerprint density at radius 2 is 1.89 bits per heavy atom. The van der Waals surface area contributed by atoms with Gasteiger partial charge in [0.15, 0.2) is 0 Å². The van der Waals surface area contributed by atoms with Gasteiger partial charge in [-0.25, -0.2) is 8.42 Å². The molecule has 1 aromatic carbocycles. The van der Waals surface area contributed by atoms with E-state index in [9.17, 15) is 13.2 Å². The number of hydrogen-bond donors (Lipinski definition) is 2. The fraction of sp³-hybridized carbons (Fsp3) is 0.389. The third-order valence-electron chi connectivity index (χ3n) is 4.57. The van der Waals surface area contributed by atoms with E-state index < -0.39 is 10.0 Å². The zero-order valence-electron chi connectivity index (χ0n) is 15.1. The minimum atomic E-state index is -3.55. The number of carbonyl (C=O) groups is 1. The number of piperidine rings is 1. The van der Waals surface area contributed by atoms with Crippen molar-refractivity contribution < 1.29 is 13.2 Å². The lowest BCUT2D eigenvalue weighted by atomic mass is 10.0. The summed E-state index contributed by atoms with van der Waals surface area (Å²) in [5.41, 5.74) is 1.36. The van der Waals surface area contributed by atoms with Crippen molar-refractivity contribution in [1.29, 1.82) is 0 Å². The Morgan fingerprint density at radius 1 is 1.22 bits per heavy atom. The lowest BCUT2D eigenvalue weighted by molar-refractivity contribution is -0.131. The number of rotatable bonds is 6. The molecule has 1 fully saturated rings. The first-order valence-electron chi connectivity index (χ1n) is 8.57. The maximum Gasteiger partial charge on any atom is 0.271 e. The van der Waals surface area contributed by atoms with Crippen molar-refractivity contribution in [3.8, 4) is 0 Å². The largest absolute Gasteiger partial charge is 0.342 e. The number of nitrogens with one attached hydrogen (secondary N) is 2. The van der Waals surface area contributed by atoms with E-state index in [0.29, 0.717) is 18.2 Å². The van der Waals surface area contributed by atoms with Crippen molar-refractivity contribution >= 4 is 45.4 Å². The highest BCUT2D eigenvalue weighted by atomic mass is 35.5. The molecule has 2 aromatic rings. The lowest BCUT2D eigenvalue weighted by Gasteiger charge is -2.31. The van der Waals surface area contributed by atoms with Gasteiger partial charge in [0.05, 0.1) is 6.42 Å². The van der Waals surface area contributed by atoms with Crippen LogP contribution in [0.5, 0.6) is 0 Å². The Hall–Kier alpha value is -1.61. The Balaban J connectivity index is 0.00000261. The highest BCUT2D eigenvalue weighted by Gasteiger charge is 2.22. The first-order valence-corrected chi connectivity index (χ1v) is 10.9. The van der Waals surface area contributed by atoms with Crippen LogP contribution in [0.3, 0.4) is 0 Å². The summed E-state index contributed by atoms with van der Waals surface area (Å²) in [5.74, 6) is 0.0869. The van der Waals surface area contributed by atoms with Gasteiger partial charge in [0.25, 0.3) is 10.0 Å². The molecule has 1 aliphatic rings. The number of halogens is 1. The summed E-state index contributed by atoms with van der Waals surface area (Å²) in [6.45, 7) is 1.89. The smallest absolute Gasteiger partial charge is 0.271 e. The lowest BCUT2D eigenvalue weighted by Crippen LogP contribution is -2.44. The summed E-state index contributed by atoms with van der Waals surface area (Å²) in [5, 5.41) is 5.02. The Bertz CT molecular complexity index is 833. The number of nitrogens with zero attached hydrogens (tertiary/aromatic N) is 1. The molecule has 0 saturated carbocycles. The van der Waals surface area contributed by atoms with Crippen LogP contribution < -0.4 is 10.0 Å². The number of amides is 1. The Morgan fingerprint density at radius 3 is 2.48 bits per heavy atom. The molecule has 1 saturated heterocycles. The average Bonchev–Trinajstić information content (AvgIpc) is 3.19. The predicted octanol–water partition coefficient (Wildman–Crippen LogP) is 2.72. The van der Waals surface area contributed by atoms with Crippen LogP contribution in [0.25, 0.3) is 0 Å². The number of sulfonamides is 1. The monoisotopic (exact) mass is 429 g/mol. The van der Waals surface area contributed by atoms with Crippen LogP contribution in [-0.2, 0) is 21.2 Å². The molecule has 0 bridgehead atoms. The van der Waals surface area contributed by atoms with Crippen LogP contribution in [0, 0.1) is 0 Å². The maximum absolute atomic E-state index is 12.5. The van der Waals surface area contributed by atoms with Crippen molar-refractivity contribution in [3.05, 3.63) is 47.3 Å². The maximum atomic E-state index is 12.5. The summed E-state index contributed by atoms with van der Waals surface area (Å²) in [6, 6.07) is 10.5. The fourth-order valence-corrected chi connectivity index (χ4v) is 5.06. The molecule has 2 heterocycles. The quantitative estimate of drug-likeness (QED) is 0.740. The predicted molar refractivity (Wildman–Crippen MR) is 111 cm³/mol. The summed E-state index contributed by atoms with van der Waals surface area (Å²) in [4.78, 5) is 14.3. The number of likely N-dealkylation sites (N-methyl/N-ethyl adjacent to an activating group) is 1. The first kappa shape index (κ1) is 21.7. The van der Waals surface area contributed by atoms with Crippen LogP contribution in [0.4, 0.5) is 5.69 Å². The minimum absolute atomic E-state index is 0. The van der Waals surface area contributed by atoms with E-state index in [1.807, 2.05) is 11.9 Å². The normalized spacial score (nSPS) is 15.0. The molecule has 9 heteroatoms. The SMILES string of the molecule is CN(C(=O)Cc1ccc(NS(=O)(=O)c2cccs2)cc1)C1CCNCC1.Cl.